The zero-order valence-electron chi connectivity index (χ0n) is 4.82. The van der Waals surface area contributed by atoms with Gasteiger partial charge in [-0.25, -0.2) is 4.99 Å². The fourth-order valence-corrected chi connectivity index (χ4v) is 0.531. The van der Waals surface area contributed by atoms with E-state index in [4.69, 9.17) is 0 Å². The average molecular weight is 174 g/mol. The summed E-state index contributed by atoms with van der Waals surface area (Å²) in [5.74, 6) is 0. The normalized spacial score (nSPS) is 11.0. The molecular weight excluding hydrogens is 166 g/mol. The van der Waals surface area contributed by atoms with Gasteiger partial charge < -0.3 is 0 Å². The molecule has 0 rings (SSSR count). The Bertz CT molecular complexity index is 135. The van der Waals surface area contributed by atoms with Crippen LogP contribution in [0.25, 0.3) is 0 Å². The maximum absolute atomic E-state index is 3.92. The zero-order valence-corrected chi connectivity index (χ0v) is 6.40. The molecule has 8 heavy (non-hydrogen) atoms. The molecule has 0 bridgehead atoms. The number of nitrogens with zero attached hydrogens (tertiary/aromatic N) is 1. The summed E-state index contributed by atoms with van der Waals surface area (Å²) in [5, 5.41) is 0. The van der Waals surface area contributed by atoms with Gasteiger partial charge in [0, 0.05) is 5.70 Å². The summed E-state index contributed by atoms with van der Waals surface area (Å²) in [6.45, 7) is 8.90. The van der Waals surface area contributed by atoms with E-state index in [1.165, 1.54) is 0 Å². The lowest BCUT2D eigenvalue weighted by Gasteiger charge is -1.85. The van der Waals surface area contributed by atoms with Gasteiger partial charge in [-0.2, -0.15) is 0 Å². The Labute approximate surface area is 57.9 Å². The second-order valence-electron chi connectivity index (χ2n) is 1.37. The van der Waals surface area contributed by atoms with Gasteiger partial charge in [0.05, 0.1) is 0 Å². The Kier molecular flexibility index (Phi) is 3.44. The molecular formula is C6H8BrN. The lowest BCUT2D eigenvalue weighted by molar-refractivity contribution is 1.34. The molecule has 0 aliphatic heterocycles. The molecule has 0 aliphatic rings. The Hall–Kier alpha value is -0.370. The summed E-state index contributed by atoms with van der Waals surface area (Å²) in [7, 11) is 0. The molecule has 0 aliphatic carbocycles. The van der Waals surface area contributed by atoms with Crippen LogP contribution in [0.5, 0.6) is 0 Å². The van der Waals surface area contributed by atoms with Crippen LogP contribution in [0.3, 0.4) is 0 Å². The Morgan fingerprint density at radius 3 is 2.38 bits per heavy atom. The second-order valence-corrected chi connectivity index (χ2v) is 2.19. The second kappa shape index (κ2) is 3.61. The summed E-state index contributed by atoms with van der Waals surface area (Å²) in [5.41, 5.74) is 0.775. The van der Waals surface area contributed by atoms with E-state index in [2.05, 4.69) is 34.1 Å². The first-order valence-electron chi connectivity index (χ1n) is 2.19. The van der Waals surface area contributed by atoms with Gasteiger partial charge in [0.15, 0.2) is 0 Å². The van der Waals surface area contributed by atoms with E-state index >= 15 is 0 Å². The topological polar surface area (TPSA) is 12.4 Å². The summed E-state index contributed by atoms with van der Waals surface area (Å²) >= 11 is 3.15. The van der Waals surface area contributed by atoms with Gasteiger partial charge in [0.1, 0.15) is 4.62 Å². The van der Waals surface area contributed by atoms with Crippen molar-refractivity contribution in [2.75, 3.05) is 0 Å². The third-order valence-corrected chi connectivity index (χ3v) is 0.967. The van der Waals surface area contributed by atoms with Crippen molar-refractivity contribution < 1.29 is 0 Å². The van der Waals surface area contributed by atoms with E-state index in [1.54, 1.807) is 6.08 Å². The van der Waals surface area contributed by atoms with E-state index < -0.39 is 0 Å². The monoisotopic (exact) mass is 173 g/mol. The summed E-state index contributed by atoms with van der Waals surface area (Å²) < 4.78 is 0.727. The van der Waals surface area contributed by atoms with Gasteiger partial charge in [0.2, 0.25) is 0 Å². The quantitative estimate of drug-likeness (QED) is 0.570. The van der Waals surface area contributed by atoms with Crippen molar-refractivity contribution >= 4 is 20.6 Å². The standard InChI is InChI=1S/C6H8BrN/c1-4-6(7)8-5(2)3/h4H,1-2H2,3H3. The fourth-order valence-electron chi connectivity index (χ4n) is 0.228. The number of halogens is 1. The molecule has 0 N–H and O–H groups in total. The minimum atomic E-state index is 0.727. The molecule has 0 unspecified atom stereocenters. The highest BCUT2D eigenvalue weighted by atomic mass is 79.9. The van der Waals surface area contributed by atoms with Crippen molar-refractivity contribution in [2.24, 2.45) is 4.99 Å². The van der Waals surface area contributed by atoms with Crippen molar-refractivity contribution in [3.8, 4) is 0 Å². The van der Waals surface area contributed by atoms with Crippen molar-refractivity contribution in [1.29, 1.82) is 0 Å². The third-order valence-electron chi connectivity index (χ3n) is 0.466. The van der Waals surface area contributed by atoms with Crippen LogP contribution < -0.4 is 0 Å². The largest absolute Gasteiger partial charge is 0.247 e. The molecule has 0 spiro atoms. The number of allylic oxidation sites excluding steroid dienone is 2. The minimum Gasteiger partial charge on any atom is -0.247 e. The third kappa shape index (κ3) is 3.81. The summed E-state index contributed by atoms with van der Waals surface area (Å²) in [6, 6.07) is 0. The molecule has 0 fully saturated rings. The first-order valence-corrected chi connectivity index (χ1v) is 2.98. The molecule has 0 aromatic rings. The number of hydrogen-bond acceptors (Lipinski definition) is 1. The molecule has 44 valence electrons. The molecule has 0 aromatic carbocycles. The minimum absolute atomic E-state index is 0.727. The summed E-state index contributed by atoms with van der Waals surface area (Å²) in [4.78, 5) is 3.92. The van der Waals surface area contributed by atoms with Crippen LogP contribution in [0.4, 0.5) is 0 Å². The lowest BCUT2D eigenvalue weighted by Crippen LogP contribution is -1.75. The van der Waals surface area contributed by atoms with E-state index in [-0.39, 0.29) is 0 Å². The summed E-state index contributed by atoms with van der Waals surface area (Å²) in [6.07, 6.45) is 1.62. The van der Waals surface area contributed by atoms with E-state index in [0.29, 0.717) is 0 Å². The molecule has 0 aromatic heterocycles. The molecule has 2 heteroatoms. The van der Waals surface area contributed by atoms with Gasteiger partial charge in [-0.1, -0.05) is 13.2 Å². The van der Waals surface area contributed by atoms with Crippen LogP contribution in [-0.2, 0) is 0 Å². The van der Waals surface area contributed by atoms with Crippen molar-refractivity contribution in [1.82, 2.24) is 0 Å². The van der Waals surface area contributed by atoms with Crippen LogP contribution in [-0.4, -0.2) is 4.62 Å². The highest BCUT2D eigenvalue weighted by molar-refractivity contribution is 9.18. The maximum Gasteiger partial charge on any atom is 0.105 e. The van der Waals surface area contributed by atoms with Crippen LogP contribution in [0.2, 0.25) is 0 Å². The predicted molar refractivity (Wildman–Crippen MR) is 41.4 cm³/mol. The molecule has 0 amide bonds. The molecule has 1 nitrogen and oxygen atoms in total. The maximum atomic E-state index is 3.92. The van der Waals surface area contributed by atoms with Gasteiger partial charge in [-0.3, -0.25) is 0 Å². The zero-order chi connectivity index (χ0) is 6.57. The van der Waals surface area contributed by atoms with Crippen LogP contribution >= 0.6 is 15.9 Å². The molecule has 0 saturated carbocycles. The Balaban J connectivity index is 3.94. The van der Waals surface area contributed by atoms with Crippen molar-refractivity contribution in [3.05, 3.63) is 24.9 Å². The number of rotatable bonds is 2. The molecule has 0 heterocycles. The van der Waals surface area contributed by atoms with Gasteiger partial charge in [-0.15, -0.1) is 0 Å². The number of hydrogen-bond donors (Lipinski definition) is 0. The van der Waals surface area contributed by atoms with E-state index in [9.17, 15) is 0 Å². The molecule has 0 atom stereocenters. The fraction of sp³-hybridized carbons (Fsp3) is 0.167. The van der Waals surface area contributed by atoms with Crippen molar-refractivity contribution in [3.63, 3.8) is 0 Å². The molecule has 0 radical (unpaired) electrons. The Morgan fingerprint density at radius 2 is 2.25 bits per heavy atom. The highest BCUT2D eigenvalue weighted by Gasteiger charge is 1.80. The van der Waals surface area contributed by atoms with Crippen LogP contribution in [0.1, 0.15) is 6.92 Å². The number of aliphatic imine (C=N–C) groups is 1. The van der Waals surface area contributed by atoms with E-state index in [0.717, 1.165) is 10.3 Å². The van der Waals surface area contributed by atoms with E-state index in [1.807, 2.05) is 6.92 Å². The van der Waals surface area contributed by atoms with Gasteiger partial charge >= 0.3 is 0 Å². The smallest absolute Gasteiger partial charge is 0.105 e. The van der Waals surface area contributed by atoms with Crippen LogP contribution in [0, 0.1) is 0 Å². The predicted octanol–water partition coefficient (Wildman–Crippen LogP) is 2.50. The Morgan fingerprint density at radius 1 is 1.75 bits per heavy atom. The molecule has 0 saturated heterocycles. The van der Waals surface area contributed by atoms with Crippen LogP contribution in [0.15, 0.2) is 29.9 Å². The first kappa shape index (κ1) is 7.63. The first-order chi connectivity index (χ1) is 3.66. The average Bonchev–Trinajstić information content (AvgIpc) is 1.65. The van der Waals surface area contributed by atoms with Gasteiger partial charge in [0.25, 0.3) is 0 Å². The van der Waals surface area contributed by atoms with Crippen molar-refractivity contribution in [2.45, 2.75) is 6.92 Å². The lowest BCUT2D eigenvalue weighted by atomic mass is 10.6. The highest BCUT2D eigenvalue weighted by Crippen LogP contribution is 1.96. The SMILES string of the molecule is C=CC(Br)=NC(=C)C. The van der Waals surface area contributed by atoms with Gasteiger partial charge in [-0.05, 0) is 28.9 Å².